The zero-order chi connectivity index (χ0) is 12.8. The van der Waals surface area contributed by atoms with Gasteiger partial charge in [0.25, 0.3) is 0 Å². The molecule has 0 aliphatic carbocycles. The first-order valence-corrected chi connectivity index (χ1v) is 5.17. The number of hydrogen-bond acceptors (Lipinski definition) is 3. The summed E-state index contributed by atoms with van der Waals surface area (Å²) in [5, 5.41) is 0. The van der Waals surface area contributed by atoms with E-state index in [0.717, 1.165) is 11.3 Å². The van der Waals surface area contributed by atoms with Crippen LogP contribution >= 0.6 is 0 Å². The molecule has 1 aromatic rings. The van der Waals surface area contributed by atoms with Crippen molar-refractivity contribution in [2.45, 2.75) is 5.92 Å². The highest BCUT2D eigenvalue weighted by Crippen LogP contribution is 2.26. The fourth-order valence-corrected chi connectivity index (χ4v) is 1.55. The van der Waals surface area contributed by atoms with Crippen molar-refractivity contribution in [3.63, 3.8) is 0 Å². The van der Waals surface area contributed by atoms with Crippen molar-refractivity contribution >= 4 is 5.97 Å². The maximum atomic E-state index is 11.4. The van der Waals surface area contributed by atoms with E-state index < -0.39 is 5.97 Å². The molecule has 0 heterocycles. The minimum Gasteiger partial charge on any atom is -0.497 e. The van der Waals surface area contributed by atoms with Crippen molar-refractivity contribution in [1.82, 2.24) is 0 Å². The maximum absolute atomic E-state index is 11.4. The maximum Gasteiger partial charge on any atom is 0.334 e. The number of carbonyl (C=O) groups excluding carboxylic acids is 1. The van der Waals surface area contributed by atoms with Crippen LogP contribution in [0.5, 0.6) is 5.75 Å². The molecule has 0 aromatic heterocycles. The van der Waals surface area contributed by atoms with Gasteiger partial charge in [-0.25, -0.2) is 4.79 Å². The van der Waals surface area contributed by atoms with Crippen LogP contribution in [0, 0.1) is 0 Å². The fraction of sp³-hybridized carbons (Fsp3) is 0.214. The van der Waals surface area contributed by atoms with E-state index in [0.29, 0.717) is 5.57 Å². The lowest BCUT2D eigenvalue weighted by atomic mass is 9.92. The minimum absolute atomic E-state index is 0.242. The van der Waals surface area contributed by atoms with E-state index >= 15 is 0 Å². The van der Waals surface area contributed by atoms with Crippen LogP contribution in [0.4, 0.5) is 0 Å². The van der Waals surface area contributed by atoms with Gasteiger partial charge in [0.15, 0.2) is 0 Å². The summed E-state index contributed by atoms with van der Waals surface area (Å²) in [7, 11) is 2.94. The number of methoxy groups -OCH3 is 2. The summed E-state index contributed by atoms with van der Waals surface area (Å²) in [6.45, 7) is 7.46. The molecule has 0 fully saturated rings. The van der Waals surface area contributed by atoms with Gasteiger partial charge in [-0.05, 0) is 17.7 Å². The highest BCUT2D eigenvalue weighted by molar-refractivity contribution is 5.90. The van der Waals surface area contributed by atoms with E-state index in [1.54, 1.807) is 13.2 Å². The molecule has 1 rings (SSSR count). The molecule has 0 unspecified atom stereocenters. The molecule has 3 heteroatoms. The lowest BCUT2D eigenvalue weighted by Crippen LogP contribution is -2.10. The van der Waals surface area contributed by atoms with Crippen LogP contribution in [-0.4, -0.2) is 20.2 Å². The molecule has 0 N–H and O–H groups in total. The van der Waals surface area contributed by atoms with E-state index in [1.165, 1.54) is 7.11 Å². The molecule has 17 heavy (non-hydrogen) atoms. The van der Waals surface area contributed by atoms with E-state index in [1.807, 2.05) is 24.3 Å². The first-order chi connectivity index (χ1) is 8.13. The molecule has 0 saturated carbocycles. The predicted octanol–water partition coefficient (Wildman–Crippen LogP) is 2.69. The average molecular weight is 232 g/mol. The number of carbonyl (C=O) groups is 1. The average Bonchev–Trinajstić information content (AvgIpc) is 2.39. The van der Waals surface area contributed by atoms with Crippen LogP contribution in [0.1, 0.15) is 11.5 Å². The van der Waals surface area contributed by atoms with Crippen molar-refractivity contribution in [3.8, 4) is 5.75 Å². The molecule has 0 aliphatic rings. The number of esters is 1. The SMILES string of the molecule is C=C[C@H](C(=C)C(=O)OC)c1ccc(OC)cc1. The number of benzene rings is 1. The molecule has 1 atom stereocenters. The van der Waals surface area contributed by atoms with Gasteiger partial charge in [-0.2, -0.15) is 0 Å². The number of rotatable bonds is 5. The van der Waals surface area contributed by atoms with Gasteiger partial charge in [-0.1, -0.05) is 24.8 Å². The molecule has 0 bridgehead atoms. The Hall–Kier alpha value is -2.03. The van der Waals surface area contributed by atoms with Gasteiger partial charge in [0.05, 0.1) is 14.2 Å². The summed E-state index contributed by atoms with van der Waals surface area (Å²) < 4.78 is 9.72. The zero-order valence-electron chi connectivity index (χ0n) is 10.1. The van der Waals surface area contributed by atoms with E-state index in [-0.39, 0.29) is 5.92 Å². The second kappa shape index (κ2) is 5.89. The quantitative estimate of drug-likeness (QED) is 0.445. The zero-order valence-corrected chi connectivity index (χ0v) is 10.1. The highest BCUT2D eigenvalue weighted by atomic mass is 16.5. The largest absolute Gasteiger partial charge is 0.497 e. The van der Waals surface area contributed by atoms with Gasteiger partial charge in [-0.15, -0.1) is 6.58 Å². The molecular formula is C14H16O3. The van der Waals surface area contributed by atoms with Crippen LogP contribution < -0.4 is 4.74 Å². The smallest absolute Gasteiger partial charge is 0.334 e. The Morgan fingerprint density at radius 3 is 2.29 bits per heavy atom. The summed E-state index contributed by atoms with van der Waals surface area (Å²) in [6, 6.07) is 7.41. The van der Waals surface area contributed by atoms with E-state index in [4.69, 9.17) is 4.74 Å². The lowest BCUT2D eigenvalue weighted by Gasteiger charge is -2.14. The topological polar surface area (TPSA) is 35.5 Å². The Kier molecular flexibility index (Phi) is 4.52. The summed E-state index contributed by atoms with van der Waals surface area (Å²) in [5.74, 6) is 0.0966. The highest BCUT2D eigenvalue weighted by Gasteiger charge is 2.18. The Morgan fingerprint density at radius 2 is 1.88 bits per heavy atom. The summed E-state index contributed by atoms with van der Waals surface area (Å²) >= 11 is 0. The molecular weight excluding hydrogens is 216 g/mol. The molecule has 0 spiro atoms. The monoisotopic (exact) mass is 232 g/mol. The minimum atomic E-state index is -0.425. The summed E-state index contributed by atoms with van der Waals surface area (Å²) in [6.07, 6.45) is 1.67. The third kappa shape index (κ3) is 2.97. The van der Waals surface area contributed by atoms with Crippen LogP contribution in [0.2, 0.25) is 0 Å². The number of hydrogen-bond donors (Lipinski definition) is 0. The van der Waals surface area contributed by atoms with Gasteiger partial charge >= 0.3 is 5.97 Å². The molecule has 0 amide bonds. The Labute approximate surface area is 101 Å². The van der Waals surface area contributed by atoms with Crippen LogP contribution in [0.25, 0.3) is 0 Å². The number of ether oxygens (including phenoxy) is 2. The first kappa shape index (κ1) is 13.0. The van der Waals surface area contributed by atoms with Crippen molar-refractivity contribution in [3.05, 3.63) is 54.6 Å². The molecule has 90 valence electrons. The van der Waals surface area contributed by atoms with E-state index in [2.05, 4.69) is 17.9 Å². The predicted molar refractivity (Wildman–Crippen MR) is 67.1 cm³/mol. The van der Waals surface area contributed by atoms with Crippen LogP contribution in [0.3, 0.4) is 0 Å². The molecule has 0 aliphatic heterocycles. The second-order valence-electron chi connectivity index (χ2n) is 3.50. The van der Waals surface area contributed by atoms with Crippen molar-refractivity contribution < 1.29 is 14.3 Å². The lowest BCUT2D eigenvalue weighted by molar-refractivity contribution is -0.136. The van der Waals surface area contributed by atoms with Crippen LogP contribution in [0.15, 0.2) is 49.1 Å². The summed E-state index contributed by atoms with van der Waals surface area (Å²) in [4.78, 5) is 11.4. The third-order valence-corrected chi connectivity index (χ3v) is 2.53. The Balaban J connectivity index is 2.97. The van der Waals surface area contributed by atoms with Gasteiger partial charge in [-0.3, -0.25) is 0 Å². The molecule has 0 radical (unpaired) electrons. The second-order valence-corrected chi connectivity index (χ2v) is 3.50. The molecule has 1 aromatic carbocycles. The number of allylic oxidation sites excluding steroid dienone is 1. The van der Waals surface area contributed by atoms with Crippen LogP contribution in [-0.2, 0) is 9.53 Å². The van der Waals surface area contributed by atoms with Crippen molar-refractivity contribution in [2.24, 2.45) is 0 Å². The van der Waals surface area contributed by atoms with Gasteiger partial charge in [0, 0.05) is 11.5 Å². The Morgan fingerprint density at radius 1 is 1.29 bits per heavy atom. The van der Waals surface area contributed by atoms with Crippen molar-refractivity contribution in [2.75, 3.05) is 14.2 Å². The van der Waals surface area contributed by atoms with Gasteiger partial charge in [0.1, 0.15) is 5.75 Å². The van der Waals surface area contributed by atoms with E-state index in [9.17, 15) is 4.79 Å². The first-order valence-electron chi connectivity index (χ1n) is 5.17. The molecule has 0 saturated heterocycles. The third-order valence-electron chi connectivity index (χ3n) is 2.53. The summed E-state index contributed by atoms with van der Waals surface area (Å²) in [5.41, 5.74) is 1.30. The molecule has 3 nitrogen and oxygen atoms in total. The normalized spacial score (nSPS) is 11.4. The Bertz CT molecular complexity index is 418. The standard InChI is InChI=1S/C14H16O3/c1-5-13(10(2)14(15)17-4)11-6-8-12(16-3)9-7-11/h5-9,13H,1-2H2,3-4H3/t13-/m1/s1. The van der Waals surface area contributed by atoms with Gasteiger partial charge < -0.3 is 9.47 Å². The fourth-order valence-electron chi connectivity index (χ4n) is 1.55. The van der Waals surface area contributed by atoms with Gasteiger partial charge in [0.2, 0.25) is 0 Å². The van der Waals surface area contributed by atoms with Crippen molar-refractivity contribution in [1.29, 1.82) is 0 Å².